The highest BCUT2D eigenvalue weighted by Crippen LogP contribution is 2.33. The first-order valence-corrected chi connectivity index (χ1v) is 12.9. The number of nitriles is 1. The van der Waals surface area contributed by atoms with E-state index in [2.05, 4.69) is 16.3 Å². The van der Waals surface area contributed by atoms with Crippen LogP contribution in [0.4, 0.5) is 28.2 Å². The summed E-state index contributed by atoms with van der Waals surface area (Å²) in [5, 5.41) is 18.6. The first kappa shape index (κ1) is 28.9. The summed E-state index contributed by atoms with van der Waals surface area (Å²) in [5.74, 6) is -0.788. The molecule has 0 radical (unpaired) electrons. The number of likely N-dealkylation sites (tertiary alicyclic amines) is 1. The molecule has 2 N–H and O–H groups in total. The van der Waals surface area contributed by atoms with Crippen molar-refractivity contribution >= 4 is 11.9 Å². The molecule has 3 heterocycles. The molecule has 0 unspecified atom stereocenters. The number of halogens is 4. The van der Waals surface area contributed by atoms with E-state index < -0.39 is 23.2 Å². The second kappa shape index (κ2) is 11.2. The van der Waals surface area contributed by atoms with Gasteiger partial charge < -0.3 is 15.4 Å². The van der Waals surface area contributed by atoms with Crippen LogP contribution in [-0.4, -0.2) is 49.2 Å². The zero-order chi connectivity index (χ0) is 29.2. The molecule has 40 heavy (non-hydrogen) atoms. The van der Waals surface area contributed by atoms with Crippen molar-refractivity contribution in [2.24, 2.45) is 0 Å². The number of anilines is 1. The maximum absolute atomic E-state index is 13.8. The van der Waals surface area contributed by atoms with Crippen LogP contribution in [-0.2, 0) is 17.5 Å². The molecular formula is C27H31F4N7O2. The van der Waals surface area contributed by atoms with E-state index in [-0.39, 0.29) is 35.6 Å². The normalized spacial score (nSPS) is 15.4. The highest BCUT2D eigenvalue weighted by Gasteiger charge is 2.31. The molecule has 1 aliphatic heterocycles. The average Bonchev–Trinajstić information content (AvgIpc) is 3.40. The number of rotatable bonds is 4. The van der Waals surface area contributed by atoms with E-state index in [1.165, 1.54) is 17.1 Å². The predicted octanol–water partition coefficient (Wildman–Crippen LogP) is 5.76. The second-order valence-corrected chi connectivity index (χ2v) is 10.8. The third kappa shape index (κ3) is 6.73. The average molecular weight is 562 g/mol. The minimum Gasteiger partial charge on any atom is -0.444 e. The van der Waals surface area contributed by atoms with Gasteiger partial charge in [-0.3, -0.25) is 4.68 Å². The van der Waals surface area contributed by atoms with E-state index in [0.29, 0.717) is 56.1 Å². The smallest absolute Gasteiger partial charge is 0.416 e. The van der Waals surface area contributed by atoms with Crippen molar-refractivity contribution in [3.05, 3.63) is 53.1 Å². The third-order valence-electron chi connectivity index (χ3n) is 6.52. The van der Waals surface area contributed by atoms with Crippen LogP contribution in [0.3, 0.4) is 0 Å². The number of benzene rings is 1. The zero-order valence-corrected chi connectivity index (χ0v) is 22.5. The molecule has 1 aliphatic rings. The van der Waals surface area contributed by atoms with Gasteiger partial charge in [-0.15, -0.1) is 0 Å². The Balaban J connectivity index is 1.50. The molecular weight excluding hydrogens is 530 g/mol. The maximum Gasteiger partial charge on any atom is 0.416 e. The molecule has 0 atom stereocenters. The fourth-order valence-electron chi connectivity index (χ4n) is 4.75. The van der Waals surface area contributed by atoms with Gasteiger partial charge in [0.1, 0.15) is 34.6 Å². The van der Waals surface area contributed by atoms with Crippen LogP contribution < -0.4 is 5.73 Å². The monoisotopic (exact) mass is 561 g/mol. The number of aromatic nitrogens is 4. The van der Waals surface area contributed by atoms with Crippen LogP contribution in [0, 0.1) is 17.1 Å². The van der Waals surface area contributed by atoms with Crippen molar-refractivity contribution in [2.75, 3.05) is 18.8 Å². The Morgan fingerprint density at radius 3 is 2.45 bits per heavy atom. The fourth-order valence-corrected chi connectivity index (χ4v) is 4.75. The van der Waals surface area contributed by atoms with Gasteiger partial charge in [0.2, 0.25) is 0 Å². The Hall–Kier alpha value is -4.08. The van der Waals surface area contributed by atoms with Crippen LogP contribution in [0.2, 0.25) is 0 Å². The minimum absolute atomic E-state index is 0.0856. The molecule has 1 aromatic carbocycles. The lowest BCUT2D eigenvalue weighted by molar-refractivity contribution is -0.137. The molecule has 1 amide bonds. The predicted molar refractivity (Wildman–Crippen MR) is 138 cm³/mol. The zero-order valence-electron chi connectivity index (χ0n) is 22.5. The summed E-state index contributed by atoms with van der Waals surface area (Å²) in [6.45, 7) is 6.40. The van der Waals surface area contributed by atoms with E-state index >= 15 is 0 Å². The summed E-state index contributed by atoms with van der Waals surface area (Å²) in [6, 6.07) is 4.33. The number of nitrogen functional groups attached to an aromatic ring is 1. The Labute approximate surface area is 229 Å². The fraction of sp³-hybridized carbons (Fsp3) is 0.481. The summed E-state index contributed by atoms with van der Waals surface area (Å²) in [7, 11) is 0. The van der Waals surface area contributed by atoms with Gasteiger partial charge in [-0.25, -0.2) is 13.9 Å². The molecule has 0 aliphatic carbocycles. The van der Waals surface area contributed by atoms with Gasteiger partial charge in [-0.1, -0.05) is 0 Å². The Morgan fingerprint density at radius 1 is 1.18 bits per heavy atom. The first-order chi connectivity index (χ1) is 18.7. The number of nitrogens with zero attached hydrogens (tertiary/aromatic N) is 6. The summed E-state index contributed by atoms with van der Waals surface area (Å²) >= 11 is 0. The van der Waals surface area contributed by atoms with Crippen LogP contribution in [0.5, 0.6) is 0 Å². The van der Waals surface area contributed by atoms with E-state index in [9.17, 15) is 27.6 Å². The molecule has 1 fully saturated rings. The van der Waals surface area contributed by atoms with Crippen LogP contribution in [0.15, 0.2) is 30.6 Å². The molecule has 2 aromatic heterocycles. The van der Waals surface area contributed by atoms with Crippen LogP contribution in [0.25, 0.3) is 11.3 Å². The third-order valence-corrected chi connectivity index (χ3v) is 6.52. The topological polar surface area (TPSA) is 115 Å². The van der Waals surface area contributed by atoms with Gasteiger partial charge in [0.05, 0.1) is 24.3 Å². The summed E-state index contributed by atoms with van der Waals surface area (Å²) in [5.41, 5.74) is 5.70. The van der Waals surface area contributed by atoms with Gasteiger partial charge >= 0.3 is 12.3 Å². The SMILES string of the molecule is CC(C)(C)OC(=O)N1CCCC(n2nc(-c3cnn(Cc4cc(F)cc(C(F)(F)F)c4)c3)c(C#N)c2N)CCC1. The van der Waals surface area contributed by atoms with Crippen molar-refractivity contribution < 1.29 is 27.1 Å². The Bertz CT molecular complexity index is 1410. The molecule has 0 spiro atoms. The van der Waals surface area contributed by atoms with Crippen molar-refractivity contribution in [1.82, 2.24) is 24.5 Å². The van der Waals surface area contributed by atoms with Gasteiger partial charge in [0.15, 0.2) is 0 Å². The molecule has 9 nitrogen and oxygen atoms in total. The number of hydrogen-bond acceptors (Lipinski definition) is 6. The van der Waals surface area contributed by atoms with Crippen molar-refractivity contribution in [3.63, 3.8) is 0 Å². The standard InChI is InChI=1S/C27H31F4N7O2/c1-26(2,3)40-25(39)36-8-4-6-21(7-5-9-36)38-24(33)22(13-32)23(35-38)18-14-34-37(16-18)15-17-10-19(27(29,30)31)12-20(28)11-17/h10-12,14,16,21H,4-9,15,33H2,1-3H3. The molecule has 0 saturated carbocycles. The Kier molecular flexibility index (Phi) is 8.09. The lowest BCUT2D eigenvalue weighted by Crippen LogP contribution is -2.39. The second-order valence-electron chi connectivity index (χ2n) is 10.8. The number of nitrogens with two attached hydrogens (primary N) is 1. The molecule has 214 valence electrons. The van der Waals surface area contributed by atoms with Crippen LogP contribution in [0.1, 0.15) is 69.2 Å². The van der Waals surface area contributed by atoms with E-state index in [0.717, 1.165) is 12.1 Å². The first-order valence-electron chi connectivity index (χ1n) is 12.9. The minimum atomic E-state index is -4.68. The van der Waals surface area contributed by atoms with E-state index in [1.807, 2.05) is 20.8 Å². The molecule has 4 rings (SSSR count). The molecule has 13 heteroatoms. The number of alkyl halides is 3. The molecule has 1 saturated heterocycles. The van der Waals surface area contributed by atoms with Crippen molar-refractivity contribution in [2.45, 2.75) is 70.8 Å². The lowest BCUT2D eigenvalue weighted by atomic mass is 10.0. The lowest BCUT2D eigenvalue weighted by Gasteiger charge is -2.30. The number of carbonyl (C=O) groups is 1. The van der Waals surface area contributed by atoms with E-state index in [1.54, 1.807) is 9.58 Å². The quantitative estimate of drug-likeness (QED) is 0.405. The highest BCUT2D eigenvalue weighted by atomic mass is 19.4. The van der Waals surface area contributed by atoms with Crippen molar-refractivity contribution in [3.8, 4) is 17.3 Å². The molecule has 0 bridgehead atoms. The highest BCUT2D eigenvalue weighted by molar-refractivity contribution is 5.72. The van der Waals surface area contributed by atoms with Gasteiger partial charge in [0.25, 0.3) is 0 Å². The van der Waals surface area contributed by atoms with Crippen molar-refractivity contribution in [1.29, 1.82) is 5.26 Å². The van der Waals surface area contributed by atoms with Gasteiger partial charge in [-0.2, -0.15) is 28.6 Å². The summed E-state index contributed by atoms with van der Waals surface area (Å²) < 4.78 is 61.5. The van der Waals surface area contributed by atoms with Gasteiger partial charge in [-0.05, 0) is 70.2 Å². The summed E-state index contributed by atoms with van der Waals surface area (Å²) in [6.07, 6.45) is 0.672. The summed E-state index contributed by atoms with van der Waals surface area (Å²) in [4.78, 5) is 14.2. The van der Waals surface area contributed by atoms with Crippen LogP contribution >= 0.6 is 0 Å². The number of amides is 1. The maximum atomic E-state index is 13.8. The Morgan fingerprint density at radius 2 is 1.85 bits per heavy atom. The number of hydrogen-bond donors (Lipinski definition) is 1. The molecule has 3 aromatic rings. The largest absolute Gasteiger partial charge is 0.444 e. The van der Waals surface area contributed by atoms with E-state index in [4.69, 9.17) is 10.5 Å². The van der Waals surface area contributed by atoms with Gasteiger partial charge in [0, 0.05) is 24.8 Å². The number of ether oxygens (including phenoxy) is 1. The number of carbonyl (C=O) groups excluding carboxylic acids is 1.